The number of pyridine rings is 1. The van der Waals surface area contributed by atoms with E-state index in [1.54, 1.807) is 19.1 Å². The van der Waals surface area contributed by atoms with E-state index in [0.29, 0.717) is 18.1 Å². The summed E-state index contributed by atoms with van der Waals surface area (Å²) in [5.41, 5.74) is -0.804. The Balaban J connectivity index is 1.72. The number of carbonyl (C=O) groups excluding carboxylic acids is 2. The lowest BCUT2D eigenvalue weighted by Crippen LogP contribution is -2.33. The Morgan fingerprint density at radius 3 is 2.42 bits per heavy atom. The van der Waals surface area contributed by atoms with E-state index in [4.69, 9.17) is 23.2 Å². The van der Waals surface area contributed by atoms with Crippen LogP contribution in [0.25, 0.3) is 5.82 Å². The molecule has 1 atom stereocenters. The number of aryl methyl sites for hydroxylation is 1. The van der Waals surface area contributed by atoms with Gasteiger partial charge in [0.1, 0.15) is 5.69 Å². The van der Waals surface area contributed by atoms with Gasteiger partial charge in [0.15, 0.2) is 5.82 Å². The highest BCUT2D eigenvalue weighted by molar-refractivity contribution is 7.89. The molecular formula is C29H27Cl2F3N6O4S. The Kier molecular flexibility index (Phi) is 10.2. The van der Waals surface area contributed by atoms with Gasteiger partial charge in [0.25, 0.3) is 11.8 Å². The zero-order chi connectivity index (χ0) is 33.1. The molecule has 2 aromatic heterocycles. The first-order valence-corrected chi connectivity index (χ1v) is 15.6. The van der Waals surface area contributed by atoms with E-state index in [-0.39, 0.29) is 44.5 Å². The highest BCUT2D eigenvalue weighted by Gasteiger charge is 2.37. The van der Waals surface area contributed by atoms with Crippen LogP contribution in [-0.4, -0.2) is 41.0 Å². The minimum absolute atomic E-state index is 0.0170. The van der Waals surface area contributed by atoms with Gasteiger partial charge in [-0.1, -0.05) is 42.3 Å². The number of sulfonamides is 1. The fourth-order valence-electron chi connectivity index (χ4n) is 4.22. The predicted molar refractivity (Wildman–Crippen MR) is 163 cm³/mol. The Hall–Kier alpha value is -3.98. The molecule has 16 heteroatoms. The normalized spacial score (nSPS) is 12.5. The van der Waals surface area contributed by atoms with Crippen molar-refractivity contribution in [2.45, 2.75) is 50.9 Å². The van der Waals surface area contributed by atoms with Crippen molar-refractivity contribution in [3.8, 4) is 5.82 Å². The maximum Gasteiger partial charge on any atom is 0.417 e. The zero-order valence-corrected chi connectivity index (χ0v) is 26.4. The van der Waals surface area contributed by atoms with Gasteiger partial charge in [-0.3, -0.25) is 9.59 Å². The van der Waals surface area contributed by atoms with Gasteiger partial charge in [0.05, 0.1) is 39.0 Å². The van der Waals surface area contributed by atoms with Gasteiger partial charge in [0.2, 0.25) is 10.0 Å². The third-order valence-corrected chi connectivity index (χ3v) is 8.60. The van der Waals surface area contributed by atoms with Gasteiger partial charge in [-0.05, 0) is 68.3 Å². The number of halogens is 5. The number of hydrogen-bond donors (Lipinski definition) is 3. The van der Waals surface area contributed by atoms with E-state index >= 15 is 0 Å². The lowest BCUT2D eigenvalue weighted by molar-refractivity contribution is -0.139. The number of nitrogens with zero attached hydrogens (tertiary/aromatic N) is 3. The number of nitrogens with one attached hydrogen (secondary N) is 3. The Morgan fingerprint density at radius 2 is 1.76 bits per heavy atom. The summed E-state index contributed by atoms with van der Waals surface area (Å²) in [6.07, 6.45) is -2.87. The van der Waals surface area contributed by atoms with Crippen LogP contribution in [0.5, 0.6) is 0 Å². The van der Waals surface area contributed by atoms with Gasteiger partial charge < -0.3 is 10.6 Å². The molecule has 10 nitrogen and oxygen atoms in total. The SMILES string of the molecule is CCC(C)NC(=O)c1cc(Cl)cc(C)c1NC(=O)c1cc(CNS(=O)(=O)c2ccccc2C(F)(F)F)nn1-c1ncccc1Cl. The molecule has 4 rings (SSSR count). The average Bonchev–Trinajstić information content (AvgIpc) is 3.41. The van der Waals surface area contributed by atoms with Crippen molar-refractivity contribution < 1.29 is 31.2 Å². The van der Waals surface area contributed by atoms with Crippen molar-refractivity contribution in [2.24, 2.45) is 0 Å². The molecule has 0 saturated heterocycles. The van der Waals surface area contributed by atoms with Crippen LogP contribution >= 0.6 is 23.2 Å². The van der Waals surface area contributed by atoms with Crippen LogP contribution in [0, 0.1) is 6.92 Å². The molecule has 0 aliphatic carbocycles. The summed E-state index contributed by atoms with van der Waals surface area (Å²) >= 11 is 12.5. The third-order valence-electron chi connectivity index (χ3n) is 6.63. The van der Waals surface area contributed by atoms with Gasteiger partial charge in [-0.25, -0.2) is 22.8 Å². The quantitative estimate of drug-likeness (QED) is 0.183. The summed E-state index contributed by atoms with van der Waals surface area (Å²) in [5, 5.41) is 10.2. The number of alkyl halides is 3. The van der Waals surface area contributed by atoms with E-state index in [9.17, 15) is 31.2 Å². The maximum absolute atomic E-state index is 13.7. The van der Waals surface area contributed by atoms with Gasteiger partial charge >= 0.3 is 6.18 Å². The molecule has 2 heterocycles. The van der Waals surface area contributed by atoms with E-state index in [2.05, 4.69) is 25.4 Å². The molecule has 0 bridgehead atoms. The van der Waals surface area contributed by atoms with Crippen LogP contribution < -0.4 is 15.4 Å². The number of carbonyl (C=O) groups is 2. The minimum atomic E-state index is -4.92. The molecule has 2 aromatic carbocycles. The second-order valence-electron chi connectivity index (χ2n) is 9.94. The van der Waals surface area contributed by atoms with Crippen LogP contribution in [0.3, 0.4) is 0 Å². The number of aromatic nitrogens is 3. The monoisotopic (exact) mass is 682 g/mol. The number of amides is 2. The number of rotatable bonds is 10. The van der Waals surface area contributed by atoms with Crippen molar-refractivity contribution in [3.05, 3.63) is 98.9 Å². The molecule has 238 valence electrons. The summed E-state index contributed by atoms with van der Waals surface area (Å²) in [5.74, 6) is -1.23. The van der Waals surface area contributed by atoms with Crippen LogP contribution in [0.2, 0.25) is 10.0 Å². The minimum Gasteiger partial charge on any atom is -0.350 e. The topological polar surface area (TPSA) is 135 Å². The lowest BCUT2D eigenvalue weighted by atomic mass is 10.1. The van der Waals surface area contributed by atoms with Crippen LogP contribution in [0.15, 0.2) is 65.7 Å². The number of hydrogen-bond acceptors (Lipinski definition) is 6. The van der Waals surface area contributed by atoms with E-state index in [1.165, 1.54) is 30.5 Å². The molecule has 0 aliphatic rings. The van der Waals surface area contributed by atoms with Crippen molar-refractivity contribution in [3.63, 3.8) is 0 Å². The predicted octanol–water partition coefficient (Wildman–Crippen LogP) is 6.16. The second-order valence-corrected chi connectivity index (χ2v) is 12.5. The van der Waals surface area contributed by atoms with Gasteiger partial charge in [-0.15, -0.1) is 0 Å². The molecule has 0 spiro atoms. The zero-order valence-electron chi connectivity index (χ0n) is 24.0. The van der Waals surface area contributed by atoms with E-state index in [0.717, 1.165) is 16.8 Å². The molecule has 45 heavy (non-hydrogen) atoms. The first kappa shape index (κ1) is 33.9. The van der Waals surface area contributed by atoms with Gasteiger partial charge in [0, 0.05) is 17.3 Å². The molecule has 4 aromatic rings. The summed E-state index contributed by atoms with van der Waals surface area (Å²) in [7, 11) is -4.67. The molecule has 3 N–H and O–H groups in total. The molecule has 0 saturated carbocycles. The summed E-state index contributed by atoms with van der Waals surface area (Å²) in [6.45, 7) is 4.77. The Labute approximate surface area is 267 Å². The molecule has 0 radical (unpaired) electrons. The van der Waals surface area contributed by atoms with Crippen LogP contribution in [-0.2, 0) is 22.7 Å². The van der Waals surface area contributed by atoms with E-state index < -0.39 is 45.0 Å². The third kappa shape index (κ3) is 7.82. The summed E-state index contributed by atoms with van der Waals surface area (Å²) in [6, 6.07) is 10.8. The van der Waals surface area contributed by atoms with Crippen LogP contribution in [0.4, 0.5) is 18.9 Å². The summed E-state index contributed by atoms with van der Waals surface area (Å²) in [4.78, 5) is 30.0. The molecular weight excluding hydrogens is 656 g/mol. The molecule has 1 unspecified atom stereocenters. The highest BCUT2D eigenvalue weighted by Crippen LogP contribution is 2.34. The van der Waals surface area contributed by atoms with Crippen LogP contribution in [0.1, 0.15) is 57.9 Å². The van der Waals surface area contributed by atoms with Gasteiger partial charge in [-0.2, -0.15) is 18.3 Å². The van der Waals surface area contributed by atoms with Crippen molar-refractivity contribution in [1.29, 1.82) is 0 Å². The first-order chi connectivity index (χ1) is 21.1. The van der Waals surface area contributed by atoms with E-state index in [1.807, 2.05) is 13.8 Å². The van der Waals surface area contributed by atoms with Crippen molar-refractivity contribution in [1.82, 2.24) is 24.8 Å². The fraction of sp³-hybridized carbons (Fsp3) is 0.241. The number of anilines is 1. The maximum atomic E-state index is 13.7. The Bertz CT molecular complexity index is 1860. The number of benzene rings is 2. The second kappa shape index (κ2) is 13.6. The molecule has 0 aliphatic heterocycles. The van der Waals surface area contributed by atoms with Crippen molar-refractivity contribution in [2.75, 3.05) is 5.32 Å². The summed E-state index contributed by atoms with van der Waals surface area (Å²) < 4.78 is 69.5. The van der Waals surface area contributed by atoms with Crippen molar-refractivity contribution >= 4 is 50.7 Å². The first-order valence-electron chi connectivity index (χ1n) is 13.4. The fourth-order valence-corrected chi connectivity index (χ4v) is 5.92. The standard InChI is InChI=1S/C29H27Cl2F3N6O4S/c1-4-17(3)37-27(41)20-13-18(30)12-16(2)25(20)38-28(42)23-14-19(39-40(23)26-22(31)9-7-11-35-26)15-36-45(43,44)24-10-6-5-8-21(24)29(32,33)34/h5-14,17,36H,4,15H2,1-3H3,(H,37,41)(H,38,42). The lowest BCUT2D eigenvalue weighted by Gasteiger charge is -2.17. The molecule has 2 amide bonds. The largest absolute Gasteiger partial charge is 0.417 e. The smallest absolute Gasteiger partial charge is 0.350 e. The Morgan fingerprint density at radius 1 is 1.04 bits per heavy atom. The molecule has 0 fully saturated rings. The highest BCUT2D eigenvalue weighted by atomic mass is 35.5. The average molecular weight is 684 g/mol.